The largest absolute Gasteiger partial charge is 0.422 e. The molecule has 3 aromatic rings. The van der Waals surface area contributed by atoms with Gasteiger partial charge >= 0.3 is 5.63 Å². The minimum Gasteiger partial charge on any atom is -0.422 e. The molecule has 0 saturated carbocycles. The molecular formula is C21H19NO3. The molecule has 0 aliphatic rings. The molecular weight excluding hydrogens is 314 g/mol. The number of anilines is 1. The second-order valence-corrected chi connectivity index (χ2v) is 6.05. The van der Waals surface area contributed by atoms with Gasteiger partial charge in [0.15, 0.2) is 0 Å². The molecule has 1 aromatic heterocycles. The van der Waals surface area contributed by atoms with Crippen LogP contribution in [0.3, 0.4) is 0 Å². The molecule has 2 aromatic carbocycles. The van der Waals surface area contributed by atoms with Gasteiger partial charge in [0.2, 0.25) is 0 Å². The van der Waals surface area contributed by atoms with Crippen LogP contribution >= 0.6 is 0 Å². The number of amides is 1. The van der Waals surface area contributed by atoms with Crippen molar-refractivity contribution in [2.45, 2.75) is 20.3 Å². The van der Waals surface area contributed by atoms with Crippen molar-refractivity contribution in [2.24, 2.45) is 0 Å². The van der Waals surface area contributed by atoms with E-state index in [-0.39, 0.29) is 5.56 Å². The van der Waals surface area contributed by atoms with E-state index >= 15 is 0 Å². The van der Waals surface area contributed by atoms with E-state index in [0.717, 1.165) is 16.7 Å². The Hall–Kier alpha value is -3.14. The SMILES string of the molecule is C=CCc1cccc2cc(C(=O)Nc3ccc(C)cc3C)c(=O)oc12. The molecule has 0 aliphatic heterocycles. The van der Waals surface area contributed by atoms with Crippen molar-refractivity contribution in [1.29, 1.82) is 0 Å². The number of hydrogen-bond donors (Lipinski definition) is 1. The van der Waals surface area contributed by atoms with E-state index in [1.54, 1.807) is 12.1 Å². The number of hydrogen-bond acceptors (Lipinski definition) is 3. The molecule has 1 N–H and O–H groups in total. The van der Waals surface area contributed by atoms with Gasteiger partial charge in [0, 0.05) is 11.1 Å². The van der Waals surface area contributed by atoms with Crippen LogP contribution < -0.4 is 10.9 Å². The van der Waals surface area contributed by atoms with Gasteiger partial charge in [-0.2, -0.15) is 0 Å². The van der Waals surface area contributed by atoms with Gasteiger partial charge in [-0.15, -0.1) is 6.58 Å². The fourth-order valence-corrected chi connectivity index (χ4v) is 2.82. The Morgan fingerprint density at radius 2 is 2.00 bits per heavy atom. The lowest BCUT2D eigenvalue weighted by Gasteiger charge is -2.09. The molecule has 126 valence electrons. The van der Waals surface area contributed by atoms with Gasteiger partial charge in [-0.25, -0.2) is 4.79 Å². The molecule has 3 rings (SSSR count). The molecule has 4 nitrogen and oxygen atoms in total. The number of para-hydroxylation sites is 1. The van der Waals surface area contributed by atoms with Gasteiger partial charge in [0.1, 0.15) is 11.1 Å². The lowest BCUT2D eigenvalue weighted by molar-refractivity contribution is 0.102. The summed E-state index contributed by atoms with van der Waals surface area (Å²) in [5.74, 6) is -0.475. The highest BCUT2D eigenvalue weighted by Crippen LogP contribution is 2.21. The Morgan fingerprint density at radius 3 is 2.72 bits per heavy atom. The van der Waals surface area contributed by atoms with Crippen LogP contribution in [0.2, 0.25) is 0 Å². The molecule has 0 radical (unpaired) electrons. The van der Waals surface area contributed by atoms with Gasteiger partial charge in [-0.05, 0) is 43.5 Å². The van der Waals surface area contributed by atoms with E-state index in [2.05, 4.69) is 11.9 Å². The molecule has 0 spiro atoms. The Kier molecular flexibility index (Phi) is 4.52. The number of rotatable bonds is 4. The third-order valence-corrected chi connectivity index (χ3v) is 4.08. The number of nitrogens with one attached hydrogen (secondary N) is 1. The van der Waals surface area contributed by atoms with Crippen LogP contribution in [0.25, 0.3) is 11.0 Å². The smallest absolute Gasteiger partial charge is 0.349 e. The fraction of sp³-hybridized carbons (Fsp3) is 0.143. The molecule has 0 atom stereocenters. The van der Waals surface area contributed by atoms with E-state index < -0.39 is 11.5 Å². The normalized spacial score (nSPS) is 10.6. The van der Waals surface area contributed by atoms with E-state index in [0.29, 0.717) is 23.1 Å². The number of carbonyl (C=O) groups is 1. The van der Waals surface area contributed by atoms with Gasteiger partial charge in [-0.1, -0.05) is 42.0 Å². The predicted molar refractivity (Wildman–Crippen MR) is 100 cm³/mol. The van der Waals surface area contributed by atoms with Crippen molar-refractivity contribution < 1.29 is 9.21 Å². The lowest BCUT2D eigenvalue weighted by atomic mass is 10.1. The number of carbonyl (C=O) groups excluding carboxylic acids is 1. The number of benzene rings is 2. The van der Waals surface area contributed by atoms with Gasteiger partial charge < -0.3 is 9.73 Å². The van der Waals surface area contributed by atoms with Crippen LogP contribution in [0.4, 0.5) is 5.69 Å². The van der Waals surface area contributed by atoms with Crippen LogP contribution in [0.5, 0.6) is 0 Å². The molecule has 25 heavy (non-hydrogen) atoms. The van der Waals surface area contributed by atoms with Crippen molar-refractivity contribution in [1.82, 2.24) is 0 Å². The minimum atomic E-state index is -0.647. The van der Waals surface area contributed by atoms with Crippen molar-refractivity contribution in [3.05, 3.63) is 87.8 Å². The number of fused-ring (bicyclic) bond motifs is 1. The first-order valence-electron chi connectivity index (χ1n) is 8.05. The molecule has 0 saturated heterocycles. The van der Waals surface area contributed by atoms with Crippen molar-refractivity contribution in [2.75, 3.05) is 5.32 Å². The highest BCUT2D eigenvalue weighted by Gasteiger charge is 2.16. The summed E-state index contributed by atoms with van der Waals surface area (Å²) in [7, 11) is 0. The van der Waals surface area contributed by atoms with Crippen LogP contribution in [-0.4, -0.2) is 5.91 Å². The fourth-order valence-electron chi connectivity index (χ4n) is 2.82. The topological polar surface area (TPSA) is 59.3 Å². The standard InChI is InChI=1S/C21H19NO3/c1-4-6-15-7-5-8-16-12-17(21(24)25-19(15)16)20(23)22-18-10-9-13(2)11-14(18)3/h4-5,7-12H,1,6H2,2-3H3,(H,22,23). The average molecular weight is 333 g/mol. The second kappa shape index (κ2) is 6.77. The Morgan fingerprint density at radius 1 is 1.20 bits per heavy atom. The number of allylic oxidation sites excluding steroid dienone is 1. The summed E-state index contributed by atoms with van der Waals surface area (Å²) in [4.78, 5) is 24.8. The zero-order valence-electron chi connectivity index (χ0n) is 14.3. The molecule has 4 heteroatoms. The molecule has 0 bridgehead atoms. The summed E-state index contributed by atoms with van der Waals surface area (Å²) >= 11 is 0. The zero-order chi connectivity index (χ0) is 18.0. The first-order valence-corrected chi connectivity index (χ1v) is 8.05. The van der Waals surface area contributed by atoms with Crippen molar-refractivity contribution in [3.63, 3.8) is 0 Å². The third kappa shape index (κ3) is 3.38. The highest BCUT2D eigenvalue weighted by molar-refractivity contribution is 6.05. The first-order chi connectivity index (χ1) is 12.0. The summed E-state index contributed by atoms with van der Waals surface area (Å²) in [6, 6.07) is 12.8. The predicted octanol–water partition coefficient (Wildman–Crippen LogP) is 4.39. The molecule has 1 heterocycles. The van der Waals surface area contributed by atoms with E-state index in [9.17, 15) is 9.59 Å². The van der Waals surface area contributed by atoms with Crippen LogP contribution in [0, 0.1) is 13.8 Å². The molecule has 1 amide bonds. The second-order valence-electron chi connectivity index (χ2n) is 6.05. The number of aryl methyl sites for hydroxylation is 2. The quantitative estimate of drug-likeness (QED) is 0.569. The Balaban J connectivity index is 2.00. The van der Waals surface area contributed by atoms with E-state index in [1.807, 2.05) is 50.2 Å². The zero-order valence-corrected chi connectivity index (χ0v) is 14.3. The maximum Gasteiger partial charge on any atom is 0.349 e. The molecule has 0 unspecified atom stereocenters. The minimum absolute atomic E-state index is 0.0109. The lowest BCUT2D eigenvalue weighted by Crippen LogP contribution is -2.21. The maximum absolute atomic E-state index is 12.5. The van der Waals surface area contributed by atoms with Gasteiger partial charge in [0.05, 0.1) is 0 Å². The van der Waals surface area contributed by atoms with Crippen LogP contribution in [0.1, 0.15) is 27.0 Å². The summed E-state index contributed by atoms with van der Waals surface area (Å²) in [5, 5.41) is 3.50. The van der Waals surface area contributed by atoms with E-state index in [1.165, 1.54) is 0 Å². The monoisotopic (exact) mass is 333 g/mol. The molecule has 0 fully saturated rings. The van der Waals surface area contributed by atoms with Crippen LogP contribution in [0.15, 0.2) is 64.3 Å². The summed E-state index contributed by atoms with van der Waals surface area (Å²) in [5.41, 5.74) is 3.42. The van der Waals surface area contributed by atoms with Crippen molar-refractivity contribution in [3.8, 4) is 0 Å². The van der Waals surface area contributed by atoms with Gasteiger partial charge in [0.25, 0.3) is 5.91 Å². The van der Waals surface area contributed by atoms with Crippen LogP contribution in [-0.2, 0) is 6.42 Å². The highest BCUT2D eigenvalue weighted by atomic mass is 16.4. The maximum atomic E-state index is 12.5. The van der Waals surface area contributed by atoms with Gasteiger partial charge in [-0.3, -0.25) is 4.79 Å². The third-order valence-electron chi connectivity index (χ3n) is 4.08. The summed E-state index contributed by atoms with van der Waals surface area (Å²) in [6.45, 7) is 7.60. The Bertz CT molecular complexity index is 1030. The summed E-state index contributed by atoms with van der Waals surface area (Å²) < 4.78 is 5.42. The first kappa shape index (κ1) is 16.7. The summed E-state index contributed by atoms with van der Waals surface area (Å²) in [6.07, 6.45) is 2.34. The average Bonchev–Trinajstić information content (AvgIpc) is 2.57. The Labute approximate surface area is 145 Å². The molecule has 0 aliphatic carbocycles. The van der Waals surface area contributed by atoms with Crippen molar-refractivity contribution >= 4 is 22.6 Å². The van der Waals surface area contributed by atoms with E-state index in [4.69, 9.17) is 4.42 Å².